The number of nitrogens with one attached hydrogen (secondary N) is 1. The minimum absolute atomic E-state index is 0.0767. The molecule has 2 aromatic rings. The topological polar surface area (TPSA) is 78.9 Å². The molecule has 162 valence electrons. The second-order valence-corrected chi connectivity index (χ2v) is 9.57. The molecule has 2 aromatic carbocycles. The number of rotatable bonds is 7. The van der Waals surface area contributed by atoms with Gasteiger partial charge in [0.1, 0.15) is 0 Å². The van der Waals surface area contributed by atoms with Crippen LogP contribution in [0.4, 0.5) is 0 Å². The van der Waals surface area contributed by atoms with E-state index in [0.29, 0.717) is 5.56 Å². The van der Waals surface area contributed by atoms with E-state index in [1.165, 1.54) is 49.5 Å². The van der Waals surface area contributed by atoms with Crippen molar-refractivity contribution < 1.29 is 18.0 Å². The zero-order valence-electron chi connectivity index (χ0n) is 17.7. The lowest BCUT2D eigenvalue weighted by atomic mass is 10.0. The Balaban J connectivity index is 1.52. The summed E-state index contributed by atoms with van der Waals surface area (Å²) >= 11 is 0. The number of benzene rings is 2. The molecule has 0 bridgehead atoms. The molecule has 8 heteroatoms. The summed E-state index contributed by atoms with van der Waals surface area (Å²) in [4.78, 5) is 19.8. The van der Waals surface area contributed by atoms with Gasteiger partial charge in [-0.25, -0.2) is 8.42 Å². The third kappa shape index (κ3) is 5.46. The van der Waals surface area contributed by atoms with Crippen molar-refractivity contribution in [2.75, 3.05) is 27.2 Å². The number of sulfonamides is 1. The number of amides is 1. The Bertz CT molecular complexity index is 968. The Hall–Kier alpha value is -2.26. The molecule has 30 heavy (non-hydrogen) atoms. The SMILES string of the molecule is CON(C)S(=O)(=O)c1ccc(C(=O)NC2CCN(Cc3cccc(C)c3)CC2)cc1. The van der Waals surface area contributed by atoms with Gasteiger partial charge in [0.05, 0.1) is 12.0 Å². The summed E-state index contributed by atoms with van der Waals surface area (Å²) < 4.78 is 25.3. The van der Waals surface area contributed by atoms with Crippen LogP contribution in [0.3, 0.4) is 0 Å². The molecule has 1 saturated heterocycles. The van der Waals surface area contributed by atoms with E-state index in [1.54, 1.807) is 0 Å². The average molecular weight is 432 g/mol. The Morgan fingerprint density at radius 1 is 1.17 bits per heavy atom. The zero-order valence-corrected chi connectivity index (χ0v) is 18.5. The van der Waals surface area contributed by atoms with Crippen LogP contribution in [-0.4, -0.2) is 57.0 Å². The molecule has 1 aliphatic heterocycles. The maximum Gasteiger partial charge on any atom is 0.264 e. The molecular formula is C22H29N3O4S. The number of hydroxylamine groups is 1. The van der Waals surface area contributed by atoms with E-state index >= 15 is 0 Å². The average Bonchev–Trinajstić information content (AvgIpc) is 2.74. The summed E-state index contributed by atoms with van der Waals surface area (Å²) in [5.41, 5.74) is 3.02. The normalized spacial score (nSPS) is 16.0. The molecular weight excluding hydrogens is 402 g/mol. The van der Waals surface area contributed by atoms with Gasteiger partial charge in [-0.15, -0.1) is 0 Å². The first-order chi connectivity index (χ1) is 14.3. The monoisotopic (exact) mass is 431 g/mol. The van der Waals surface area contributed by atoms with Crippen LogP contribution in [0.1, 0.15) is 34.3 Å². The number of likely N-dealkylation sites (tertiary alicyclic amines) is 1. The third-order valence-corrected chi connectivity index (χ3v) is 7.12. The molecule has 0 saturated carbocycles. The van der Waals surface area contributed by atoms with Crippen LogP contribution in [0.5, 0.6) is 0 Å². The van der Waals surface area contributed by atoms with E-state index in [0.717, 1.165) is 36.9 Å². The fourth-order valence-electron chi connectivity index (χ4n) is 3.60. The van der Waals surface area contributed by atoms with Crippen molar-refractivity contribution in [1.29, 1.82) is 0 Å². The number of nitrogens with zero attached hydrogens (tertiary/aromatic N) is 2. The van der Waals surface area contributed by atoms with E-state index in [-0.39, 0.29) is 16.8 Å². The van der Waals surface area contributed by atoms with Crippen LogP contribution in [0.25, 0.3) is 0 Å². The largest absolute Gasteiger partial charge is 0.349 e. The number of carbonyl (C=O) groups is 1. The first kappa shape index (κ1) is 22.4. The summed E-state index contributed by atoms with van der Waals surface area (Å²) in [6, 6.07) is 14.6. The zero-order chi connectivity index (χ0) is 21.7. The van der Waals surface area contributed by atoms with E-state index in [2.05, 4.69) is 41.4 Å². The highest BCUT2D eigenvalue weighted by atomic mass is 32.2. The van der Waals surface area contributed by atoms with Gasteiger partial charge in [0.2, 0.25) is 0 Å². The Labute approximate surface area is 178 Å². The predicted octanol–water partition coefficient (Wildman–Crippen LogP) is 2.57. The highest BCUT2D eigenvalue weighted by molar-refractivity contribution is 7.89. The van der Waals surface area contributed by atoms with Gasteiger partial charge in [0, 0.05) is 38.3 Å². The van der Waals surface area contributed by atoms with Crippen molar-refractivity contribution in [2.45, 2.75) is 37.2 Å². The Morgan fingerprint density at radius 3 is 2.43 bits per heavy atom. The molecule has 1 N–H and O–H groups in total. The minimum atomic E-state index is -3.72. The first-order valence-corrected chi connectivity index (χ1v) is 11.5. The number of piperidine rings is 1. The smallest absolute Gasteiger partial charge is 0.264 e. The predicted molar refractivity (Wildman–Crippen MR) is 115 cm³/mol. The van der Waals surface area contributed by atoms with E-state index in [4.69, 9.17) is 4.84 Å². The van der Waals surface area contributed by atoms with Crippen LogP contribution in [0.15, 0.2) is 53.4 Å². The van der Waals surface area contributed by atoms with Crippen LogP contribution in [0, 0.1) is 6.92 Å². The minimum Gasteiger partial charge on any atom is -0.349 e. The second kappa shape index (κ2) is 9.70. The highest BCUT2D eigenvalue weighted by Crippen LogP contribution is 2.17. The second-order valence-electron chi connectivity index (χ2n) is 7.63. The van der Waals surface area contributed by atoms with Gasteiger partial charge < -0.3 is 5.32 Å². The first-order valence-electron chi connectivity index (χ1n) is 10.0. The summed E-state index contributed by atoms with van der Waals surface area (Å²) in [5, 5.41) is 3.07. The van der Waals surface area contributed by atoms with Crippen molar-refractivity contribution in [2.24, 2.45) is 0 Å². The van der Waals surface area contributed by atoms with E-state index < -0.39 is 10.0 Å². The van der Waals surface area contributed by atoms with Crippen molar-refractivity contribution in [3.63, 3.8) is 0 Å². The molecule has 1 amide bonds. The van der Waals surface area contributed by atoms with Crippen molar-refractivity contribution in [1.82, 2.24) is 14.7 Å². The third-order valence-electron chi connectivity index (χ3n) is 5.42. The lowest BCUT2D eigenvalue weighted by Gasteiger charge is -2.32. The molecule has 0 unspecified atom stereocenters. The molecule has 0 atom stereocenters. The maximum absolute atomic E-state index is 12.6. The molecule has 0 aromatic heterocycles. The molecule has 0 radical (unpaired) electrons. The van der Waals surface area contributed by atoms with Crippen LogP contribution in [-0.2, 0) is 21.4 Å². The lowest BCUT2D eigenvalue weighted by Crippen LogP contribution is -2.44. The molecule has 7 nitrogen and oxygen atoms in total. The van der Waals surface area contributed by atoms with Crippen molar-refractivity contribution in [3.8, 4) is 0 Å². The molecule has 1 heterocycles. The Morgan fingerprint density at radius 2 is 1.83 bits per heavy atom. The van der Waals surface area contributed by atoms with Gasteiger partial charge in [0.15, 0.2) is 0 Å². The Kier molecular flexibility index (Phi) is 7.25. The number of hydrogen-bond acceptors (Lipinski definition) is 5. The molecule has 1 aliphatic rings. The van der Waals surface area contributed by atoms with Crippen molar-refractivity contribution in [3.05, 3.63) is 65.2 Å². The molecule has 0 spiro atoms. The summed E-state index contributed by atoms with van der Waals surface area (Å²) in [6.45, 7) is 4.89. The summed E-state index contributed by atoms with van der Waals surface area (Å²) in [7, 11) is -1.12. The number of hydrogen-bond donors (Lipinski definition) is 1. The number of aryl methyl sites for hydroxylation is 1. The molecule has 0 aliphatic carbocycles. The van der Waals surface area contributed by atoms with Gasteiger partial charge in [-0.1, -0.05) is 34.3 Å². The van der Waals surface area contributed by atoms with Crippen LogP contribution >= 0.6 is 0 Å². The number of carbonyl (C=O) groups excluding carboxylic acids is 1. The van der Waals surface area contributed by atoms with Gasteiger partial charge in [-0.05, 0) is 49.6 Å². The lowest BCUT2D eigenvalue weighted by molar-refractivity contribution is -0.0258. The fourth-order valence-corrected chi connectivity index (χ4v) is 4.57. The summed E-state index contributed by atoms with van der Waals surface area (Å²) in [6.07, 6.45) is 1.78. The van der Waals surface area contributed by atoms with Crippen LogP contribution < -0.4 is 5.32 Å². The fraction of sp³-hybridized carbons (Fsp3) is 0.409. The quantitative estimate of drug-likeness (QED) is 0.682. The van der Waals surface area contributed by atoms with Gasteiger partial charge in [-0.3, -0.25) is 14.5 Å². The van der Waals surface area contributed by atoms with Gasteiger partial charge in [0.25, 0.3) is 15.9 Å². The van der Waals surface area contributed by atoms with Gasteiger partial charge in [-0.2, -0.15) is 0 Å². The highest BCUT2D eigenvalue weighted by Gasteiger charge is 2.23. The molecule has 3 rings (SSSR count). The standard InChI is InChI=1S/C22H29N3O4S/c1-17-5-4-6-18(15-17)16-25-13-11-20(12-14-25)23-22(26)19-7-9-21(10-8-19)30(27,28)24(2)29-3/h4-10,15,20H,11-14,16H2,1-3H3,(H,23,26). The van der Waals surface area contributed by atoms with E-state index in [9.17, 15) is 13.2 Å². The molecule has 1 fully saturated rings. The maximum atomic E-state index is 12.6. The van der Waals surface area contributed by atoms with Crippen LogP contribution in [0.2, 0.25) is 0 Å². The van der Waals surface area contributed by atoms with Gasteiger partial charge >= 0.3 is 0 Å². The summed E-state index contributed by atoms with van der Waals surface area (Å²) in [5.74, 6) is -0.184. The van der Waals surface area contributed by atoms with E-state index in [1.807, 2.05) is 0 Å². The van der Waals surface area contributed by atoms with Crippen molar-refractivity contribution >= 4 is 15.9 Å².